The van der Waals surface area contributed by atoms with Gasteiger partial charge in [0.2, 0.25) is 0 Å². The molecule has 0 amide bonds. The molecule has 3 heterocycles. The van der Waals surface area contributed by atoms with Crippen LogP contribution in [0.4, 0.5) is 5.69 Å². The third kappa shape index (κ3) is 2.56. The zero-order chi connectivity index (χ0) is 19.1. The van der Waals surface area contributed by atoms with Crippen molar-refractivity contribution >= 4 is 22.2 Å². The Hall–Kier alpha value is -2.99. The number of methoxy groups -OCH3 is 2. The van der Waals surface area contributed by atoms with E-state index in [0.717, 1.165) is 44.9 Å². The standard InChI is InChI=1S/C21H24N4O2/c1-13-8-9-15-14(7-6-10-25(13)15)19-17(27-5)11-16-20(21(19)22-2)23-18(12-26-4)24(16)3/h6-11,22H,12H2,1-5H3. The summed E-state index contributed by atoms with van der Waals surface area (Å²) in [5, 5.41) is 3.36. The first-order valence-electron chi connectivity index (χ1n) is 8.90. The number of nitrogens with one attached hydrogen (secondary N) is 1. The number of imidazole rings is 1. The van der Waals surface area contributed by atoms with Gasteiger partial charge in [-0.15, -0.1) is 0 Å². The van der Waals surface area contributed by atoms with Crippen LogP contribution in [0, 0.1) is 6.92 Å². The van der Waals surface area contributed by atoms with E-state index in [1.807, 2.05) is 18.7 Å². The van der Waals surface area contributed by atoms with Gasteiger partial charge >= 0.3 is 0 Å². The molecule has 0 atom stereocenters. The van der Waals surface area contributed by atoms with Gasteiger partial charge in [-0.3, -0.25) is 0 Å². The topological polar surface area (TPSA) is 52.7 Å². The molecule has 0 bridgehead atoms. The van der Waals surface area contributed by atoms with E-state index in [1.54, 1.807) is 14.2 Å². The van der Waals surface area contributed by atoms with Crippen molar-refractivity contribution in [3.05, 3.63) is 48.0 Å². The van der Waals surface area contributed by atoms with Crippen LogP contribution >= 0.6 is 0 Å². The Bertz CT molecular complexity index is 1140. The molecule has 0 radical (unpaired) electrons. The number of fused-ring (bicyclic) bond motifs is 2. The van der Waals surface area contributed by atoms with Gasteiger partial charge in [-0.1, -0.05) is 6.07 Å². The summed E-state index contributed by atoms with van der Waals surface area (Å²) in [4.78, 5) is 4.83. The normalized spacial score (nSPS) is 11.4. The molecule has 140 valence electrons. The average molecular weight is 364 g/mol. The lowest BCUT2D eigenvalue weighted by atomic mass is 10.0. The van der Waals surface area contributed by atoms with Crippen LogP contribution in [0.15, 0.2) is 36.5 Å². The molecule has 4 rings (SSSR count). The summed E-state index contributed by atoms with van der Waals surface area (Å²) in [6, 6.07) is 10.5. The Morgan fingerprint density at radius 1 is 1.15 bits per heavy atom. The number of aryl methyl sites for hydroxylation is 2. The highest BCUT2D eigenvalue weighted by atomic mass is 16.5. The summed E-state index contributed by atoms with van der Waals surface area (Å²) < 4.78 is 15.4. The van der Waals surface area contributed by atoms with E-state index in [9.17, 15) is 0 Å². The maximum Gasteiger partial charge on any atom is 0.135 e. The Balaban J connectivity index is 2.10. The molecule has 0 saturated heterocycles. The summed E-state index contributed by atoms with van der Waals surface area (Å²) in [6.45, 7) is 2.56. The summed E-state index contributed by atoms with van der Waals surface area (Å²) in [7, 11) is 7.31. The van der Waals surface area contributed by atoms with Crippen molar-refractivity contribution in [2.24, 2.45) is 7.05 Å². The van der Waals surface area contributed by atoms with Gasteiger partial charge in [0.25, 0.3) is 0 Å². The van der Waals surface area contributed by atoms with E-state index < -0.39 is 0 Å². The number of aromatic nitrogens is 3. The predicted octanol–water partition coefficient (Wildman–Crippen LogP) is 4.00. The number of anilines is 1. The van der Waals surface area contributed by atoms with Gasteiger partial charge in [-0.2, -0.15) is 0 Å². The number of nitrogens with zero attached hydrogens (tertiary/aromatic N) is 3. The number of hydrogen-bond donors (Lipinski definition) is 1. The quantitative estimate of drug-likeness (QED) is 0.582. The van der Waals surface area contributed by atoms with Crippen molar-refractivity contribution in [1.82, 2.24) is 14.0 Å². The van der Waals surface area contributed by atoms with E-state index in [2.05, 4.69) is 53.2 Å². The lowest BCUT2D eigenvalue weighted by molar-refractivity contribution is 0.176. The molecule has 0 unspecified atom stereocenters. The van der Waals surface area contributed by atoms with Crippen molar-refractivity contribution in [2.75, 3.05) is 26.6 Å². The SMILES string of the molecule is CNc1c(-c2cccn3c(C)ccc23)c(OC)cc2c1nc(COC)n2C. The van der Waals surface area contributed by atoms with Gasteiger partial charge in [-0.25, -0.2) is 4.98 Å². The van der Waals surface area contributed by atoms with Crippen LogP contribution in [0.5, 0.6) is 5.75 Å². The maximum absolute atomic E-state index is 5.81. The molecular formula is C21H24N4O2. The monoisotopic (exact) mass is 364 g/mol. The molecule has 3 aromatic heterocycles. The molecule has 0 aliphatic carbocycles. The second-order valence-electron chi connectivity index (χ2n) is 6.62. The van der Waals surface area contributed by atoms with Crippen LogP contribution in [0.3, 0.4) is 0 Å². The molecule has 0 fully saturated rings. The fraction of sp³-hybridized carbons (Fsp3) is 0.286. The van der Waals surface area contributed by atoms with Crippen molar-refractivity contribution in [3.63, 3.8) is 0 Å². The molecular weight excluding hydrogens is 340 g/mol. The number of hydrogen-bond acceptors (Lipinski definition) is 4. The second kappa shape index (κ2) is 6.63. The molecule has 0 aliphatic heterocycles. The minimum absolute atomic E-state index is 0.458. The van der Waals surface area contributed by atoms with Crippen LogP contribution < -0.4 is 10.1 Å². The fourth-order valence-electron chi connectivity index (χ4n) is 3.77. The van der Waals surface area contributed by atoms with Crippen molar-refractivity contribution in [1.29, 1.82) is 0 Å². The predicted molar refractivity (Wildman–Crippen MR) is 109 cm³/mol. The summed E-state index contributed by atoms with van der Waals surface area (Å²) in [5.41, 5.74) is 7.31. The largest absolute Gasteiger partial charge is 0.496 e. The van der Waals surface area contributed by atoms with Crippen molar-refractivity contribution in [2.45, 2.75) is 13.5 Å². The van der Waals surface area contributed by atoms with Gasteiger partial charge in [0.15, 0.2) is 0 Å². The molecule has 27 heavy (non-hydrogen) atoms. The minimum atomic E-state index is 0.458. The van der Waals surface area contributed by atoms with E-state index in [1.165, 1.54) is 5.69 Å². The molecule has 0 spiro atoms. The molecule has 0 aliphatic rings. The molecule has 0 saturated carbocycles. The number of ether oxygens (including phenoxy) is 2. The van der Waals surface area contributed by atoms with Gasteiger partial charge in [0, 0.05) is 44.7 Å². The van der Waals surface area contributed by atoms with E-state index in [-0.39, 0.29) is 0 Å². The third-order valence-electron chi connectivity index (χ3n) is 5.14. The highest BCUT2D eigenvalue weighted by Gasteiger charge is 2.21. The molecule has 6 heteroatoms. The zero-order valence-electron chi connectivity index (χ0n) is 16.3. The maximum atomic E-state index is 5.81. The summed E-state index contributed by atoms with van der Waals surface area (Å²) >= 11 is 0. The van der Waals surface area contributed by atoms with Crippen LogP contribution in [-0.4, -0.2) is 35.2 Å². The number of rotatable bonds is 5. The molecule has 4 aromatic rings. The van der Waals surface area contributed by atoms with E-state index in [0.29, 0.717) is 6.61 Å². The third-order valence-corrected chi connectivity index (χ3v) is 5.14. The van der Waals surface area contributed by atoms with Crippen LogP contribution in [0.1, 0.15) is 11.5 Å². The van der Waals surface area contributed by atoms with Crippen LogP contribution in [0.25, 0.3) is 27.7 Å². The lowest BCUT2D eigenvalue weighted by Crippen LogP contribution is -2.00. The zero-order valence-corrected chi connectivity index (χ0v) is 16.3. The minimum Gasteiger partial charge on any atom is -0.496 e. The van der Waals surface area contributed by atoms with Crippen molar-refractivity contribution in [3.8, 4) is 16.9 Å². The first-order chi connectivity index (χ1) is 13.1. The smallest absolute Gasteiger partial charge is 0.135 e. The van der Waals surface area contributed by atoms with E-state index >= 15 is 0 Å². The second-order valence-corrected chi connectivity index (χ2v) is 6.62. The number of pyridine rings is 1. The average Bonchev–Trinajstić information content (AvgIpc) is 3.21. The van der Waals surface area contributed by atoms with Gasteiger partial charge in [0.1, 0.15) is 23.7 Å². The Kier molecular flexibility index (Phi) is 4.28. The van der Waals surface area contributed by atoms with Crippen molar-refractivity contribution < 1.29 is 9.47 Å². The summed E-state index contributed by atoms with van der Waals surface area (Å²) in [5.74, 6) is 1.69. The Morgan fingerprint density at radius 2 is 1.96 bits per heavy atom. The fourth-order valence-corrected chi connectivity index (χ4v) is 3.77. The Morgan fingerprint density at radius 3 is 2.67 bits per heavy atom. The van der Waals surface area contributed by atoms with Gasteiger partial charge in [-0.05, 0) is 25.1 Å². The van der Waals surface area contributed by atoms with Gasteiger partial charge in [0.05, 0.1) is 29.4 Å². The van der Waals surface area contributed by atoms with Crippen LogP contribution in [0.2, 0.25) is 0 Å². The molecule has 1 aromatic carbocycles. The van der Waals surface area contributed by atoms with Crippen LogP contribution in [-0.2, 0) is 18.4 Å². The lowest BCUT2D eigenvalue weighted by Gasteiger charge is -2.16. The first-order valence-corrected chi connectivity index (χ1v) is 8.90. The molecule has 1 N–H and O–H groups in total. The molecule has 6 nitrogen and oxygen atoms in total. The summed E-state index contributed by atoms with van der Waals surface area (Å²) in [6.07, 6.45) is 2.08. The highest BCUT2D eigenvalue weighted by molar-refractivity contribution is 6.04. The first kappa shape index (κ1) is 17.4. The number of benzene rings is 1. The highest BCUT2D eigenvalue weighted by Crippen LogP contribution is 2.43. The van der Waals surface area contributed by atoms with E-state index in [4.69, 9.17) is 14.5 Å². The van der Waals surface area contributed by atoms with Gasteiger partial charge < -0.3 is 23.8 Å². The Labute approximate surface area is 158 Å².